The van der Waals surface area contributed by atoms with Crippen molar-refractivity contribution in [2.24, 2.45) is 0 Å². The Morgan fingerprint density at radius 1 is 1.17 bits per heavy atom. The van der Waals surface area contributed by atoms with Gasteiger partial charge in [0.1, 0.15) is 11.4 Å². The Morgan fingerprint density at radius 2 is 1.87 bits per heavy atom. The van der Waals surface area contributed by atoms with Gasteiger partial charge >= 0.3 is 0 Å². The number of halogens is 1. The van der Waals surface area contributed by atoms with Crippen LogP contribution in [0.25, 0.3) is 11.4 Å². The summed E-state index contributed by atoms with van der Waals surface area (Å²) in [4.78, 5) is 30.3. The maximum absolute atomic E-state index is 12.6. The number of aromatic nitrogens is 2. The highest BCUT2D eigenvalue weighted by Crippen LogP contribution is 2.29. The van der Waals surface area contributed by atoms with E-state index in [0.717, 1.165) is 0 Å². The largest absolute Gasteiger partial charge is 0.337 e. The van der Waals surface area contributed by atoms with E-state index in [9.17, 15) is 18.0 Å². The summed E-state index contributed by atoms with van der Waals surface area (Å²) in [6.45, 7) is -0.668. The molecular weight excluding hydrogens is 432 g/mol. The van der Waals surface area contributed by atoms with Gasteiger partial charge in [0.15, 0.2) is 0 Å². The Balaban J connectivity index is 1.45. The molecule has 4 rings (SSSR count). The smallest absolute Gasteiger partial charge is 0.269 e. The molecule has 0 saturated carbocycles. The molecule has 2 aromatic carbocycles. The van der Waals surface area contributed by atoms with Gasteiger partial charge in [-0.1, -0.05) is 28.9 Å². The van der Waals surface area contributed by atoms with Crippen molar-refractivity contribution in [1.82, 2.24) is 19.3 Å². The molecule has 0 fully saturated rings. The van der Waals surface area contributed by atoms with Gasteiger partial charge in [-0.25, -0.2) is 12.7 Å². The third-order valence-electron chi connectivity index (χ3n) is 4.56. The van der Waals surface area contributed by atoms with Crippen LogP contribution >= 0.6 is 11.6 Å². The third-order valence-corrected chi connectivity index (χ3v) is 6.60. The highest BCUT2D eigenvalue weighted by Gasteiger charge is 2.42. The fraction of sp³-hybridized carbons (Fsp3) is 0.158. The average molecular weight is 447 g/mol. The second-order valence-electron chi connectivity index (χ2n) is 6.58. The Hall–Kier alpha value is -3.24. The SMILES string of the molecule is CN(Cc1nc(-c2ccc(Cl)cc2)no1)C(=O)CN1C(=O)c2ccccc2S1(=O)=O. The highest BCUT2D eigenvalue weighted by atomic mass is 35.5. The first-order chi connectivity index (χ1) is 14.3. The van der Waals surface area contributed by atoms with E-state index in [0.29, 0.717) is 20.7 Å². The van der Waals surface area contributed by atoms with Gasteiger partial charge in [-0.2, -0.15) is 4.98 Å². The summed E-state index contributed by atoms with van der Waals surface area (Å²) in [7, 11) is -2.61. The molecule has 0 N–H and O–H groups in total. The Kier molecular flexibility index (Phi) is 5.04. The van der Waals surface area contributed by atoms with Crippen LogP contribution in [0.4, 0.5) is 0 Å². The number of rotatable bonds is 5. The van der Waals surface area contributed by atoms with Crippen molar-refractivity contribution in [3.63, 3.8) is 0 Å². The number of amides is 2. The minimum absolute atomic E-state index is 0.0472. The zero-order valence-corrected chi connectivity index (χ0v) is 17.2. The predicted octanol–water partition coefficient (Wildman–Crippen LogP) is 2.19. The van der Waals surface area contributed by atoms with Crippen LogP contribution in [-0.4, -0.2) is 53.2 Å². The van der Waals surface area contributed by atoms with E-state index < -0.39 is 28.4 Å². The molecule has 0 radical (unpaired) electrons. The quantitative estimate of drug-likeness (QED) is 0.590. The van der Waals surface area contributed by atoms with E-state index in [1.54, 1.807) is 30.3 Å². The van der Waals surface area contributed by atoms with Gasteiger partial charge in [-0.3, -0.25) is 9.59 Å². The van der Waals surface area contributed by atoms with Crippen LogP contribution in [0.3, 0.4) is 0 Å². The lowest BCUT2D eigenvalue weighted by molar-refractivity contribution is -0.130. The normalized spacial score (nSPS) is 14.6. The van der Waals surface area contributed by atoms with Crippen LogP contribution in [-0.2, 0) is 21.4 Å². The molecule has 11 heteroatoms. The number of carbonyl (C=O) groups excluding carboxylic acids is 2. The molecular formula is C19H15ClN4O5S. The lowest BCUT2D eigenvalue weighted by Crippen LogP contribution is -2.41. The van der Waals surface area contributed by atoms with Gasteiger partial charge in [0.2, 0.25) is 17.6 Å². The van der Waals surface area contributed by atoms with Crippen LogP contribution < -0.4 is 0 Å². The first-order valence-electron chi connectivity index (χ1n) is 8.76. The van der Waals surface area contributed by atoms with Gasteiger partial charge in [0, 0.05) is 17.6 Å². The summed E-state index contributed by atoms with van der Waals surface area (Å²) in [5, 5.41) is 4.44. The van der Waals surface area contributed by atoms with Gasteiger partial charge in [-0.15, -0.1) is 0 Å². The minimum Gasteiger partial charge on any atom is -0.337 e. The second kappa shape index (κ2) is 7.54. The van der Waals surface area contributed by atoms with E-state index in [2.05, 4.69) is 10.1 Å². The summed E-state index contributed by atoms with van der Waals surface area (Å²) >= 11 is 5.86. The summed E-state index contributed by atoms with van der Waals surface area (Å²) in [5.74, 6) is -0.828. The summed E-state index contributed by atoms with van der Waals surface area (Å²) < 4.78 is 30.9. The first-order valence-corrected chi connectivity index (χ1v) is 10.6. The molecule has 0 spiro atoms. The van der Waals surface area contributed by atoms with Gasteiger partial charge in [0.05, 0.1) is 12.1 Å². The Bertz CT molecular complexity index is 1240. The first kappa shape index (κ1) is 20.0. The number of sulfonamides is 1. The van der Waals surface area contributed by atoms with Crippen molar-refractivity contribution in [2.45, 2.75) is 11.4 Å². The van der Waals surface area contributed by atoms with Crippen LogP contribution in [0.2, 0.25) is 5.02 Å². The molecule has 1 aliphatic heterocycles. The molecule has 30 heavy (non-hydrogen) atoms. The van der Waals surface area contributed by atoms with Gasteiger partial charge in [0.25, 0.3) is 15.9 Å². The third kappa shape index (κ3) is 3.55. The van der Waals surface area contributed by atoms with Crippen molar-refractivity contribution in [1.29, 1.82) is 0 Å². The van der Waals surface area contributed by atoms with E-state index in [4.69, 9.17) is 16.1 Å². The lowest BCUT2D eigenvalue weighted by Gasteiger charge is -2.19. The average Bonchev–Trinajstić information content (AvgIpc) is 3.26. The molecule has 0 bridgehead atoms. The van der Waals surface area contributed by atoms with Crippen molar-refractivity contribution >= 4 is 33.4 Å². The molecule has 0 saturated heterocycles. The van der Waals surface area contributed by atoms with E-state index in [1.807, 2.05) is 0 Å². The number of hydrogen-bond acceptors (Lipinski definition) is 7. The predicted molar refractivity (Wildman–Crippen MR) is 106 cm³/mol. The number of fused-ring (bicyclic) bond motifs is 1. The molecule has 0 aliphatic carbocycles. The van der Waals surface area contributed by atoms with Crippen molar-refractivity contribution in [3.05, 3.63) is 65.0 Å². The maximum Gasteiger partial charge on any atom is 0.269 e. The second-order valence-corrected chi connectivity index (χ2v) is 8.85. The van der Waals surface area contributed by atoms with Gasteiger partial charge < -0.3 is 9.42 Å². The molecule has 2 amide bonds. The Morgan fingerprint density at radius 3 is 2.57 bits per heavy atom. The fourth-order valence-corrected chi connectivity index (χ4v) is 4.60. The Labute approximate surface area is 176 Å². The fourth-order valence-electron chi connectivity index (χ4n) is 2.96. The van der Waals surface area contributed by atoms with E-state index in [1.165, 1.54) is 30.1 Å². The van der Waals surface area contributed by atoms with E-state index >= 15 is 0 Å². The van der Waals surface area contributed by atoms with Crippen LogP contribution in [0, 0.1) is 0 Å². The number of benzene rings is 2. The minimum atomic E-state index is -4.06. The molecule has 3 aromatic rings. The molecule has 154 valence electrons. The van der Waals surface area contributed by atoms with Crippen LogP contribution in [0.1, 0.15) is 16.2 Å². The molecule has 1 aliphatic rings. The summed E-state index contributed by atoms with van der Waals surface area (Å²) in [6.07, 6.45) is 0. The van der Waals surface area contributed by atoms with E-state index in [-0.39, 0.29) is 22.9 Å². The summed E-state index contributed by atoms with van der Waals surface area (Å²) in [6, 6.07) is 12.7. The zero-order valence-electron chi connectivity index (χ0n) is 15.6. The number of carbonyl (C=O) groups is 2. The number of hydrogen-bond donors (Lipinski definition) is 0. The molecule has 0 unspecified atom stereocenters. The zero-order chi connectivity index (χ0) is 21.5. The topological polar surface area (TPSA) is 114 Å². The van der Waals surface area contributed by atoms with Crippen molar-refractivity contribution in [3.8, 4) is 11.4 Å². The molecule has 9 nitrogen and oxygen atoms in total. The monoisotopic (exact) mass is 446 g/mol. The lowest BCUT2D eigenvalue weighted by atomic mass is 10.2. The van der Waals surface area contributed by atoms with Crippen molar-refractivity contribution in [2.75, 3.05) is 13.6 Å². The highest BCUT2D eigenvalue weighted by molar-refractivity contribution is 7.90. The standard InChI is InChI=1S/C19H15ClN4O5S/c1-23(10-16-21-18(22-29-16)12-6-8-13(20)9-7-12)17(25)11-24-19(26)14-4-2-3-5-15(14)30(24,27)28/h2-9H,10-11H2,1H3. The molecule has 2 heterocycles. The molecule has 1 aromatic heterocycles. The van der Waals surface area contributed by atoms with Crippen LogP contribution in [0.15, 0.2) is 57.9 Å². The maximum atomic E-state index is 12.6. The molecule has 0 atom stereocenters. The number of likely N-dealkylation sites (N-methyl/N-ethyl adjacent to an activating group) is 1. The van der Waals surface area contributed by atoms with Crippen LogP contribution in [0.5, 0.6) is 0 Å². The summed E-state index contributed by atoms with van der Waals surface area (Å²) in [5.41, 5.74) is 0.743. The number of nitrogens with zero attached hydrogens (tertiary/aromatic N) is 4. The van der Waals surface area contributed by atoms with Gasteiger partial charge in [-0.05, 0) is 36.4 Å². The van der Waals surface area contributed by atoms with Crippen molar-refractivity contribution < 1.29 is 22.5 Å².